The third-order valence-electron chi connectivity index (χ3n) is 3.12. The first-order valence-corrected chi connectivity index (χ1v) is 7.12. The number of benzene rings is 2. The average molecular weight is 274 g/mol. The van der Waals surface area contributed by atoms with Crippen molar-refractivity contribution in [1.29, 1.82) is 0 Å². The minimum atomic E-state index is 0.580. The second-order valence-corrected chi connectivity index (χ2v) is 5.32. The third kappa shape index (κ3) is 4.38. The lowest BCUT2D eigenvalue weighted by Crippen LogP contribution is -2.12. The molecule has 0 amide bonds. The third-order valence-corrected chi connectivity index (χ3v) is 3.43. The molecule has 2 heteroatoms. The number of rotatable bonds is 5. The molecular weight excluding hydrogens is 254 g/mol. The Morgan fingerprint density at radius 1 is 0.789 bits per heavy atom. The van der Waals surface area contributed by atoms with E-state index in [1.807, 2.05) is 0 Å². The number of alkyl halides is 1. The Labute approximate surface area is 120 Å². The van der Waals surface area contributed by atoms with Crippen molar-refractivity contribution in [2.45, 2.75) is 32.8 Å². The predicted molar refractivity (Wildman–Crippen MR) is 82.5 cm³/mol. The van der Waals surface area contributed by atoms with Gasteiger partial charge >= 0.3 is 0 Å². The van der Waals surface area contributed by atoms with Gasteiger partial charge in [0.25, 0.3) is 0 Å². The predicted octanol–water partition coefficient (Wildman–Crippen LogP) is 4.33. The van der Waals surface area contributed by atoms with Crippen LogP contribution in [-0.2, 0) is 19.0 Å². The highest BCUT2D eigenvalue weighted by Crippen LogP contribution is 2.10. The molecule has 1 nitrogen and oxygen atoms in total. The van der Waals surface area contributed by atoms with E-state index in [1.54, 1.807) is 0 Å². The van der Waals surface area contributed by atoms with Gasteiger partial charge in [-0.15, -0.1) is 11.6 Å². The lowest BCUT2D eigenvalue weighted by molar-refractivity contribution is 0.692. The van der Waals surface area contributed by atoms with Crippen molar-refractivity contribution < 1.29 is 0 Å². The Morgan fingerprint density at radius 2 is 1.32 bits per heavy atom. The molecule has 0 aliphatic carbocycles. The Hall–Kier alpha value is -1.31. The van der Waals surface area contributed by atoms with E-state index in [1.165, 1.54) is 27.8 Å². The first kappa shape index (κ1) is 14.1. The molecule has 0 radical (unpaired) electrons. The van der Waals surface area contributed by atoms with Crippen LogP contribution in [0, 0.1) is 13.8 Å². The molecule has 0 aliphatic rings. The van der Waals surface area contributed by atoms with Crippen LogP contribution in [0.1, 0.15) is 27.8 Å². The van der Waals surface area contributed by atoms with Crippen LogP contribution in [0.15, 0.2) is 42.5 Å². The van der Waals surface area contributed by atoms with Crippen molar-refractivity contribution in [2.75, 3.05) is 0 Å². The van der Waals surface area contributed by atoms with Crippen LogP contribution in [0.3, 0.4) is 0 Å². The van der Waals surface area contributed by atoms with E-state index in [9.17, 15) is 0 Å². The van der Waals surface area contributed by atoms with Crippen LogP contribution < -0.4 is 5.32 Å². The molecule has 1 N–H and O–H groups in total. The normalized spacial score (nSPS) is 10.7. The molecule has 2 rings (SSSR count). The summed E-state index contributed by atoms with van der Waals surface area (Å²) in [4.78, 5) is 0. The zero-order valence-electron chi connectivity index (χ0n) is 11.5. The smallest absolute Gasteiger partial charge is 0.0474 e. The standard InChI is InChI=1S/C17H20ClN/c1-13-7-14(2)9-17(8-13)12-19-11-16-5-3-15(10-18)4-6-16/h3-9,19H,10-12H2,1-2H3. The van der Waals surface area contributed by atoms with Crippen molar-refractivity contribution in [3.63, 3.8) is 0 Å². The van der Waals surface area contributed by atoms with Crippen molar-refractivity contribution in [3.05, 3.63) is 70.3 Å². The van der Waals surface area contributed by atoms with E-state index in [4.69, 9.17) is 11.6 Å². The van der Waals surface area contributed by atoms with E-state index in [-0.39, 0.29) is 0 Å². The lowest BCUT2D eigenvalue weighted by Gasteiger charge is -2.08. The van der Waals surface area contributed by atoms with Crippen LogP contribution in [0.5, 0.6) is 0 Å². The summed E-state index contributed by atoms with van der Waals surface area (Å²) in [5.74, 6) is 0.580. The maximum absolute atomic E-state index is 5.78. The van der Waals surface area contributed by atoms with E-state index < -0.39 is 0 Å². The minimum absolute atomic E-state index is 0.580. The molecular formula is C17H20ClN. The Bertz CT molecular complexity index is 511. The highest BCUT2D eigenvalue weighted by atomic mass is 35.5. The summed E-state index contributed by atoms with van der Waals surface area (Å²) in [6, 6.07) is 15.1. The molecule has 0 aliphatic heterocycles. The molecule has 0 unspecified atom stereocenters. The largest absolute Gasteiger partial charge is 0.309 e. The quantitative estimate of drug-likeness (QED) is 0.800. The van der Waals surface area contributed by atoms with Crippen LogP contribution in [0.25, 0.3) is 0 Å². The average Bonchev–Trinajstić information content (AvgIpc) is 2.38. The molecule has 100 valence electrons. The topological polar surface area (TPSA) is 12.0 Å². The van der Waals surface area contributed by atoms with Crippen molar-refractivity contribution in [1.82, 2.24) is 5.32 Å². The molecule has 0 atom stereocenters. The number of hydrogen-bond acceptors (Lipinski definition) is 1. The Balaban J connectivity index is 1.88. The Morgan fingerprint density at radius 3 is 1.89 bits per heavy atom. The van der Waals surface area contributed by atoms with Crippen molar-refractivity contribution >= 4 is 11.6 Å². The molecule has 0 spiro atoms. The summed E-state index contributed by atoms with van der Waals surface area (Å²) in [7, 11) is 0. The van der Waals surface area contributed by atoms with Gasteiger partial charge in [0.15, 0.2) is 0 Å². The maximum Gasteiger partial charge on any atom is 0.0474 e. The first-order chi connectivity index (χ1) is 9.17. The molecule has 19 heavy (non-hydrogen) atoms. The fraction of sp³-hybridized carbons (Fsp3) is 0.294. The van der Waals surface area contributed by atoms with Crippen molar-refractivity contribution in [2.24, 2.45) is 0 Å². The van der Waals surface area contributed by atoms with E-state index in [0.717, 1.165) is 13.1 Å². The van der Waals surface area contributed by atoms with Crippen LogP contribution >= 0.6 is 11.6 Å². The van der Waals surface area contributed by atoms with E-state index in [2.05, 4.69) is 61.6 Å². The molecule has 2 aromatic carbocycles. The summed E-state index contributed by atoms with van der Waals surface area (Å²) in [5, 5.41) is 3.48. The maximum atomic E-state index is 5.78. The molecule has 0 bridgehead atoms. The number of aryl methyl sites for hydroxylation is 2. The Kier molecular flexibility index (Phi) is 5.00. The summed E-state index contributed by atoms with van der Waals surface area (Å²) in [6.07, 6.45) is 0. The van der Waals surface area contributed by atoms with Gasteiger partial charge in [0.05, 0.1) is 0 Å². The molecule has 0 heterocycles. The van der Waals surface area contributed by atoms with Crippen LogP contribution in [0.4, 0.5) is 0 Å². The number of nitrogens with one attached hydrogen (secondary N) is 1. The number of hydrogen-bond donors (Lipinski definition) is 1. The number of halogens is 1. The second-order valence-electron chi connectivity index (χ2n) is 5.05. The van der Waals surface area contributed by atoms with Gasteiger partial charge < -0.3 is 5.32 Å². The molecule has 0 saturated carbocycles. The SMILES string of the molecule is Cc1cc(C)cc(CNCc2ccc(CCl)cc2)c1. The van der Waals surface area contributed by atoms with E-state index >= 15 is 0 Å². The van der Waals surface area contributed by atoms with Gasteiger partial charge in [-0.1, -0.05) is 53.6 Å². The summed E-state index contributed by atoms with van der Waals surface area (Å²) in [6.45, 7) is 6.07. The van der Waals surface area contributed by atoms with Gasteiger partial charge in [0, 0.05) is 19.0 Å². The highest BCUT2D eigenvalue weighted by Gasteiger charge is 1.97. The van der Waals surface area contributed by atoms with Gasteiger partial charge in [0.1, 0.15) is 0 Å². The van der Waals surface area contributed by atoms with Gasteiger partial charge in [-0.3, -0.25) is 0 Å². The van der Waals surface area contributed by atoms with Crippen molar-refractivity contribution in [3.8, 4) is 0 Å². The van der Waals surface area contributed by atoms with Gasteiger partial charge in [0.2, 0.25) is 0 Å². The fourth-order valence-electron chi connectivity index (χ4n) is 2.27. The lowest BCUT2D eigenvalue weighted by atomic mass is 10.1. The van der Waals surface area contributed by atoms with E-state index in [0.29, 0.717) is 5.88 Å². The van der Waals surface area contributed by atoms with Crippen LogP contribution in [0.2, 0.25) is 0 Å². The summed E-state index contributed by atoms with van der Waals surface area (Å²) >= 11 is 5.78. The summed E-state index contributed by atoms with van der Waals surface area (Å²) in [5.41, 5.74) is 6.44. The summed E-state index contributed by atoms with van der Waals surface area (Å²) < 4.78 is 0. The monoisotopic (exact) mass is 273 g/mol. The first-order valence-electron chi connectivity index (χ1n) is 6.59. The molecule has 0 aromatic heterocycles. The van der Waals surface area contributed by atoms with Gasteiger partial charge in [-0.25, -0.2) is 0 Å². The zero-order chi connectivity index (χ0) is 13.7. The van der Waals surface area contributed by atoms with Gasteiger partial charge in [-0.2, -0.15) is 0 Å². The second kappa shape index (κ2) is 6.74. The zero-order valence-corrected chi connectivity index (χ0v) is 12.3. The molecule has 0 fully saturated rings. The molecule has 0 saturated heterocycles. The van der Waals surface area contributed by atoms with Gasteiger partial charge in [-0.05, 0) is 30.5 Å². The highest BCUT2D eigenvalue weighted by molar-refractivity contribution is 6.17. The fourth-order valence-corrected chi connectivity index (χ4v) is 2.45. The molecule has 2 aromatic rings. The minimum Gasteiger partial charge on any atom is -0.309 e. The van der Waals surface area contributed by atoms with Crippen LogP contribution in [-0.4, -0.2) is 0 Å².